The molecule has 3 N–H and O–H groups in total. The summed E-state index contributed by atoms with van der Waals surface area (Å²) < 4.78 is 7.01. The van der Waals surface area contributed by atoms with Crippen LogP contribution in [0.2, 0.25) is 0 Å². The monoisotopic (exact) mass is 665 g/mol. The number of aromatic nitrogens is 1. The number of aryl methyl sites for hydroxylation is 1. The lowest BCUT2D eigenvalue weighted by Gasteiger charge is -2.26. The second-order valence-corrected chi connectivity index (χ2v) is 12.3. The van der Waals surface area contributed by atoms with Gasteiger partial charge in [0.05, 0.1) is 27.4 Å². The highest BCUT2D eigenvalue weighted by molar-refractivity contribution is 7.18. The highest BCUT2D eigenvalue weighted by atomic mass is 32.1. The molecule has 47 heavy (non-hydrogen) atoms. The molecule has 1 aromatic heterocycles. The van der Waals surface area contributed by atoms with Crippen LogP contribution in [0.4, 0.5) is 10.5 Å². The van der Waals surface area contributed by atoms with Crippen LogP contribution in [-0.4, -0.2) is 59.7 Å². The highest BCUT2D eigenvalue weighted by Crippen LogP contribution is 2.41. The van der Waals surface area contributed by atoms with Crippen LogP contribution in [0.3, 0.4) is 0 Å². The van der Waals surface area contributed by atoms with E-state index in [2.05, 4.69) is 34.7 Å². The summed E-state index contributed by atoms with van der Waals surface area (Å²) in [5, 5.41) is 7.99. The van der Waals surface area contributed by atoms with E-state index in [0.29, 0.717) is 18.7 Å². The van der Waals surface area contributed by atoms with Crippen molar-refractivity contribution < 1.29 is 28.7 Å². The van der Waals surface area contributed by atoms with Crippen molar-refractivity contribution in [3.05, 3.63) is 52.0 Å². The normalized spacial score (nSPS) is 14.9. The number of urea groups is 1. The Kier molecular flexibility index (Phi) is 14.3. The largest absolute Gasteiger partial charge is 0.492 e. The smallest absolute Gasteiger partial charge is 0.318 e. The van der Waals surface area contributed by atoms with Gasteiger partial charge < -0.3 is 15.4 Å². The predicted molar refractivity (Wildman–Crippen MR) is 185 cm³/mol. The van der Waals surface area contributed by atoms with Crippen LogP contribution in [0.25, 0.3) is 10.2 Å². The van der Waals surface area contributed by atoms with Gasteiger partial charge in [0.1, 0.15) is 17.3 Å². The second kappa shape index (κ2) is 18.1. The third kappa shape index (κ3) is 9.60. The number of ether oxygens (including phenoxy) is 1. The molecule has 2 aliphatic carbocycles. The van der Waals surface area contributed by atoms with E-state index in [-0.39, 0.29) is 24.0 Å². The number of anilines is 1. The van der Waals surface area contributed by atoms with Gasteiger partial charge in [0.15, 0.2) is 0 Å². The maximum atomic E-state index is 12.6. The first-order valence-corrected chi connectivity index (χ1v) is 17.3. The topological polar surface area (TPSA) is 147 Å². The van der Waals surface area contributed by atoms with Crippen molar-refractivity contribution in [3.8, 4) is 5.75 Å². The Hall–Kier alpha value is -4.32. The first kappa shape index (κ1) is 37.1. The van der Waals surface area contributed by atoms with E-state index >= 15 is 0 Å². The molecule has 1 aliphatic heterocycles. The van der Waals surface area contributed by atoms with Gasteiger partial charge in [-0.1, -0.05) is 52.9 Å². The van der Waals surface area contributed by atoms with Crippen molar-refractivity contribution in [2.24, 2.45) is 0 Å². The molecule has 254 valence electrons. The lowest BCUT2D eigenvalue weighted by atomic mass is 9.80. The van der Waals surface area contributed by atoms with Crippen LogP contribution in [0.1, 0.15) is 116 Å². The molecule has 0 saturated heterocycles. The summed E-state index contributed by atoms with van der Waals surface area (Å²) in [6.07, 6.45) is 9.51. The molecule has 0 radical (unpaired) electrons. The number of thiazole rings is 1. The van der Waals surface area contributed by atoms with Crippen molar-refractivity contribution in [1.29, 1.82) is 0 Å². The molecule has 2 aromatic carbocycles. The Labute approximate surface area is 280 Å². The summed E-state index contributed by atoms with van der Waals surface area (Å²) in [6.45, 7) is 10.6. The Morgan fingerprint density at radius 3 is 2.28 bits per heavy atom. The minimum atomic E-state index is -1.07. The number of benzene rings is 2. The van der Waals surface area contributed by atoms with Crippen LogP contribution < -0.4 is 20.7 Å². The summed E-state index contributed by atoms with van der Waals surface area (Å²) >= 11 is 1.77. The van der Waals surface area contributed by atoms with Crippen LogP contribution in [0, 0.1) is 6.92 Å². The second-order valence-electron chi connectivity index (χ2n) is 11.1. The fourth-order valence-electron chi connectivity index (χ4n) is 4.99. The molecule has 2 saturated carbocycles. The van der Waals surface area contributed by atoms with Gasteiger partial charge in [-0.15, -0.1) is 11.3 Å². The number of hydrogen-bond acceptors (Lipinski definition) is 8. The molecule has 3 aliphatic rings. The third-order valence-corrected chi connectivity index (χ3v) is 8.52. The highest BCUT2D eigenvalue weighted by Gasteiger charge is 2.42. The maximum Gasteiger partial charge on any atom is 0.318 e. The molecule has 1 atom stereocenters. The fraction of sp³-hybridized carbons (Fsp3) is 0.486. The zero-order valence-corrected chi connectivity index (χ0v) is 29.1. The molecule has 2 fully saturated rings. The first-order valence-electron chi connectivity index (χ1n) is 16.5. The lowest BCUT2D eigenvalue weighted by molar-refractivity contribution is -0.128. The average molecular weight is 666 g/mol. The van der Waals surface area contributed by atoms with E-state index in [9.17, 15) is 24.0 Å². The van der Waals surface area contributed by atoms with Gasteiger partial charge in [-0.05, 0) is 74.9 Å². The number of carbonyl (C=O) groups is 5. The van der Waals surface area contributed by atoms with Crippen LogP contribution in [-0.2, 0) is 9.59 Å². The number of amides is 6. The average Bonchev–Trinajstić information content (AvgIpc) is 3.84. The molecule has 0 bridgehead atoms. The van der Waals surface area contributed by atoms with E-state index in [1.807, 2.05) is 26.1 Å². The third-order valence-electron chi connectivity index (χ3n) is 7.60. The Balaban J connectivity index is 0.000000233. The Morgan fingerprint density at radius 1 is 1.04 bits per heavy atom. The number of hydrogen-bond donors (Lipinski definition) is 3. The Bertz CT molecular complexity index is 1560. The van der Waals surface area contributed by atoms with Crippen LogP contribution in [0.15, 0.2) is 30.3 Å². The van der Waals surface area contributed by atoms with Crippen LogP contribution >= 0.6 is 11.3 Å². The lowest BCUT2D eigenvalue weighted by Crippen LogP contribution is -2.49. The van der Waals surface area contributed by atoms with Crippen LogP contribution in [0.5, 0.6) is 5.75 Å². The van der Waals surface area contributed by atoms with E-state index in [1.54, 1.807) is 18.3 Å². The molecule has 6 rings (SSSR count). The number of rotatable bonds is 9. The van der Waals surface area contributed by atoms with Gasteiger partial charge in [0.25, 0.3) is 11.8 Å². The predicted octanol–water partition coefficient (Wildman–Crippen LogP) is 6.94. The van der Waals surface area contributed by atoms with E-state index in [1.165, 1.54) is 74.0 Å². The van der Waals surface area contributed by atoms with Gasteiger partial charge >= 0.3 is 6.03 Å². The quantitative estimate of drug-likeness (QED) is 0.166. The minimum absolute atomic E-state index is 0.0962. The number of nitrogens with one attached hydrogen (secondary N) is 3. The van der Waals surface area contributed by atoms with Crippen molar-refractivity contribution in [1.82, 2.24) is 20.5 Å². The number of imide groups is 2. The summed E-state index contributed by atoms with van der Waals surface area (Å²) in [4.78, 5) is 64.6. The molecule has 6 amide bonds. The summed E-state index contributed by atoms with van der Waals surface area (Å²) in [5.74, 6) is -0.238. The van der Waals surface area contributed by atoms with Gasteiger partial charge in [-0.2, -0.15) is 0 Å². The number of nitrogens with zero attached hydrogens (tertiary/aromatic N) is 2. The maximum absolute atomic E-state index is 12.6. The number of fused-ring (bicyclic) bond motifs is 2. The molecule has 1 unspecified atom stereocenters. The molecule has 0 spiro atoms. The summed E-state index contributed by atoms with van der Waals surface area (Å²) in [6, 6.07) is 7.26. The van der Waals surface area contributed by atoms with Crippen molar-refractivity contribution in [3.63, 3.8) is 0 Å². The summed E-state index contributed by atoms with van der Waals surface area (Å²) in [7, 11) is 1.44. The van der Waals surface area contributed by atoms with E-state index in [4.69, 9.17) is 4.74 Å². The zero-order valence-electron chi connectivity index (χ0n) is 28.2. The minimum Gasteiger partial charge on any atom is -0.492 e. The van der Waals surface area contributed by atoms with Gasteiger partial charge in [0, 0.05) is 12.7 Å². The SMILES string of the molecule is C1CC1.CC.CCCC(C(=O)NC=O)N1C(=O)c2ccc(NC(=O)NC)cc2C1=O.CCOc1cc(C2CCC2)cc2sc(C)nc12. The fourth-order valence-corrected chi connectivity index (χ4v) is 5.88. The zero-order chi connectivity index (χ0) is 34.5. The molecule has 3 aromatic rings. The molecular weight excluding hydrogens is 618 g/mol. The van der Waals surface area contributed by atoms with Crippen molar-refractivity contribution >= 4 is 57.4 Å². The van der Waals surface area contributed by atoms with Crippen molar-refractivity contribution in [2.45, 2.75) is 97.9 Å². The first-order chi connectivity index (χ1) is 22.7. The molecule has 12 heteroatoms. The Morgan fingerprint density at radius 2 is 1.72 bits per heavy atom. The van der Waals surface area contributed by atoms with Gasteiger partial charge in [0.2, 0.25) is 12.3 Å². The van der Waals surface area contributed by atoms with Gasteiger partial charge in [-0.25, -0.2) is 9.78 Å². The van der Waals surface area contributed by atoms with Gasteiger partial charge in [-0.3, -0.25) is 29.4 Å². The standard InChI is InChI=1S/C16H18N4O5.C14H17NOS.C3H6.C2H6/c1-3-4-12(13(22)18-8-21)20-14(23)10-6-5-9(19-16(25)17-2)7-11(10)15(20)24;1-3-16-12-7-11(10-5-4-6-10)8-13-14(12)15-9(2)17-13;1-2-3-1;1-2/h5-8,12H,3-4H2,1-2H3,(H2,17,19,25)(H,18,21,22);7-8,10H,3-6H2,1-2H3;1-3H2;1-2H3. The molecule has 11 nitrogen and oxygen atoms in total. The summed E-state index contributed by atoms with van der Waals surface area (Å²) in [5.41, 5.74) is 3.06. The molecule has 2 heterocycles. The molecular formula is C35H47N5O6S. The van der Waals surface area contributed by atoms with E-state index in [0.717, 1.165) is 27.1 Å². The van der Waals surface area contributed by atoms with E-state index < -0.39 is 29.8 Å². The van der Waals surface area contributed by atoms with Crippen molar-refractivity contribution in [2.75, 3.05) is 19.0 Å². The number of carbonyl (C=O) groups excluding carboxylic acids is 5.